The van der Waals surface area contributed by atoms with Crippen molar-refractivity contribution in [1.82, 2.24) is 15.1 Å². The molecule has 0 amide bonds. The van der Waals surface area contributed by atoms with Gasteiger partial charge in [0.2, 0.25) is 0 Å². The first-order chi connectivity index (χ1) is 12.0. The minimum Gasteiger partial charge on any atom is -0.490 e. The smallest absolute Gasteiger partial charge is 0.125 e. The minimum absolute atomic E-state index is 0.296. The van der Waals surface area contributed by atoms with Gasteiger partial charge >= 0.3 is 0 Å². The molecule has 0 bridgehead atoms. The Morgan fingerprint density at radius 3 is 2.88 bits per heavy atom. The first kappa shape index (κ1) is 17.8. The number of anilines is 1. The van der Waals surface area contributed by atoms with E-state index in [1.54, 1.807) is 0 Å². The summed E-state index contributed by atoms with van der Waals surface area (Å²) in [6.07, 6.45) is -0.530. The Morgan fingerprint density at radius 1 is 1.36 bits per heavy atom. The Labute approximate surface area is 149 Å². The zero-order valence-electron chi connectivity index (χ0n) is 15.2. The van der Waals surface area contributed by atoms with Crippen LogP contribution >= 0.6 is 0 Å². The van der Waals surface area contributed by atoms with E-state index in [4.69, 9.17) is 4.74 Å². The molecule has 0 saturated carbocycles. The molecule has 1 aliphatic rings. The van der Waals surface area contributed by atoms with Gasteiger partial charge in [-0.2, -0.15) is 5.10 Å². The van der Waals surface area contributed by atoms with Gasteiger partial charge in [-0.1, -0.05) is 18.2 Å². The highest BCUT2D eigenvalue weighted by Crippen LogP contribution is 2.22. The van der Waals surface area contributed by atoms with Crippen molar-refractivity contribution in [1.29, 1.82) is 0 Å². The number of hydrogen-bond acceptors (Lipinski definition) is 5. The zero-order valence-corrected chi connectivity index (χ0v) is 15.2. The molecule has 1 aromatic heterocycles. The lowest BCUT2D eigenvalue weighted by Gasteiger charge is -2.25. The number of aryl methyl sites for hydroxylation is 3. The molecule has 25 heavy (non-hydrogen) atoms. The molecule has 3 N–H and O–H groups in total. The number of benzene rings is 1. The molecule has 0 fully saturated rings. The Morgan fingerprint density at radius 2 is 2.12 bits per heavy atom. The van der Waals surface area contributed by atoms with Gasteiger partial charge in [0.05, 0.1) is 5.69 Å². The van der Waals surface area contributed by atoms with Crippen LogP contribution in [-0.2, 0) is 6.54 Å². The van der Waals surface area contributed by atoms with Gasteiger partial charge in [0.1, 0.15) is 24.3 Å². The molecule has 136 valence electrons. The Balaban J connectivity index is 1.39. The fourth-order valence-corrected chi connectivity index (χ4v) is 3.24. The van der Waals surface area contributed by atoms with Gasteiger partial charge in [-0.25, -0.2) is 4.68 Å². The largest absolute Gasteiger partial charge is 0.490 e. The van der Waals surface area contributed by atoms with E-state index in [2.05, 4.69) is 21.8 Å². The molecule has 1 aliphatic heterocycles. The van der Waals surface area contributed by atoms with E-state index in [9.17, 15) is 5.11 Å². The Hall–Kier alpha value is -2.05. The molecule has 0 unspecified atom stereocenters. The number of aromatic nitrogens is 2. The van der Waals surface area contributed by atoms with Crippen LogP contribution in [0, 0.1) is 26.7 Å². The summed E-state index contributed by atoms with van der Waals surface area (Å²) in [5.41, 5.74) is 3.23. The molecule has 2 aromatic rings. The summed E-state index contributed by atoms with van der Waals surface area (Å²) in [6, 6.07) is 8.13. The molecule has 0 radical (unpaired) electrons. The van der Waals surface area contributed by atoms with Gasteiger partial charge in [-0.3, -0.25) is 0 Å². The normalized spacial score (nSPS) is 17.7. The number of para-hydroxylation sites is 1. The third-order valence-corrected chi connectivity index (χ3v) is 4.55. The lowest BCUT2D eigenvalue weighted by Crippen LogP contribution is -2.39. The van der Waals surface area contributed by atoms with Crippen LogP contribution in [0.5, 0.6) is 5.75 Å². The highest BCUT2D eigenvalue weighted by Gasteiger charge is 2.19. The summed E-state index contributed by atoms with van der Waals surface area (Å²) in [5, 5.41) is 21.4. The molecule has 0 spiro atoms. The van der Waals surface area contributed by atoms with Gasteiger partial charge in [0, 0.05) is 38.2 Å². The quantitative estimate of drug-likeness (QED) is 0.715. The summed E-state index contributed by atoms with van der Waals surface area (Å²) in [6.45, 7) is 9.53. The van der Waals surface area contributed by atoms with Crippen molar-refractivity contribution < 1.29 is 9.84 Å². The maximum atomic E-state index is 10.2. The molecular formula is C19H28N4O2. The van der Waals surface area contributed by atoms with E-state index in [0.29, 0.717) is 19.1 Å². The molecule has 6 heteroatoms. The van der Waals surface area contributed by atoms with Crippen LogP contribution in [-0.4, -0.2) is 47.2 Å². The fraction of sp³-hybridized carbons (Fsp3) is 0.526. The monoisotopic (exact) mass is 344 g/mol. The molecule has 2 heterocycles. The second-order valence-electron chi connectivity index (χ2n) is 6.94. The predicted octanol–water partition coefficient (Wildman–Crippen LogP) is 1.88. The molecule has 2 atom stereocenters. The van der Waals surface area contributed by atoms with Crippen molar-refractivity contribution in [3.8, 4) is 5.75 Å². The van der Waals surface area contributed by atoms with Crippen LogP contribution in [0.2, 0.25) is 0 Å². The van der Waals surface area contributed by atoms with Crippen molar-refractivity contribution in [2.75, 3.05) is 31.6 Å². The number of aliphatic hydroxyl groups excluding tert-OH is 1. The Kier molecular flexibility index (Phi) is 5.60. The molecular weight excluding hydrogens is 316 g/mol. The minimum atomic E-state index is -0.530. The number of nitrogens with one attached hydrogen (secondary N) is 2. The lowest BCUT2D eigenvalue weighted by atomic mass is 10.1. The topological polar surface area (TPSA) is 71.3 Å². The van der Waals surface area contributed by atoms with Gasteiger partial charge in [-0.15, -0.1) is 0 Å². The van der Waals surface area contributed by atoms with Crippen LogP contribution in [0.4, 0.5) is 5.82 Å². The molecule has 0 saturated heterocycles. The first-order valence-electron chi connectivity index (χ1n) is 8.89. The van der Waals surface area contributed by atoms with E-state index in [0.717, 1.165) is 48.0 Å². The van der Waals surface area contributed by atoms with Gasteiger partial charge in [0.25, 0.3) is 0 Å². The second kappa shape index (κ2) is 7.89. The zero-order chi connectivity index (χ0) is 17.8. The van der Waals surface area contributed by atoms with E-state index < -0.39 is 6.10 Å². The second-order valence-corrected chi connectivity index (χ2v) is 6.94. The van der Waals surface area contributed by atoms with E-state index in [1.165, 1.54) is 0 Å². The van der Waals surface area contributed by atoms with Crippen molar-refractivity contribution >= 4 is 5.82 Å². The van der Waals surface area contributed by atoms with E-state index >= 15 is 0 Å². The molecule has 1 aromatic carbocycles. The number of ether oxygens (including phenoxy) is 1. The maximum Gasteiger partial charge on any atom is 0.125 e. The van der Waals surface area contributed by atoms with Gasteiger partial charge in [-0.05, 0) is 31.9 Å². The average Bonchev–Trinajstić information content (AvgIpc) is 2.93. The van der Waals surface area contributed by atoms with Crippen LogP contribution in [0.1, 0.15) is 16.8 Å². The third kappa shape index (κ3) is 4.52. The van der Waals surface area contributed by atoms with Crippen LogP contribution in [0.15, 0.2) is 24.3 Å². The number of aliphatic hydroxyl groups is 1. The number of nitrogens with zero attached hydrogens (tertiary/aromatic N) is 2. The predicted molar refractivity (Wildman–Crippen MR) is 99.2 cm³/mol. The van der Waals surface area contributed by atoms with Gasteiger partial charge in [0.15, 0.2) is 0 Å². The summed E-state index contributed by atoms with van der Waals surface area (Å²) < 4.78 is 7.82. The van der Waals surface area contributed by atoms with Crippen molar-refractivity contribution in [2.45, 2.75) is 33.4 Å². The number of fused-ring (bicyclic) bond motifs is 1. The fourth-order valence-electron chi connectivity index (χ4n) is 3.24. The highest BCUT2D eigenvalue weighted by molar-refractivity contribution is 5.40. The lowest BCUT2D eigenvalue weighted by molar-refractivity contribution is 0.104. The van der Waals surface area contributed by atoms with E-state index in [1.807, 2.05) is 43.7 Å². The van der Waals surface area contributed by atoms with Crippen LogP contribution in [0.25, 0.3) is 0 Å². The maximum absolute atomic E-state index is 10.2. The Bertz CT molecular complexity index is 693. The summed E-state index contributed by atoms with van der Waals surface area (Å²) in [5.74, 6) is 2.42. The highest BCUT2D eigenvalue weighted by atomic mass is 16.5. The van der Waals surface area contributed by atoms with Crippen molar-refractivity contribution in [2.24, 2.45) is 5.92 Å². The van der Waals surface area contributed by atoms with E-state index in [-0.39, 0.29) is 0 Å². The van der Waals surface area contributed by atoms with Crippen molar-refractivity contribution in [3.63, 3.8) is 0 Å². The first-order valence-corrected chi connectivity index (χ1v) is 8.89. The van der Waals surface area contributed by atoms with Crippen LogP contribution < -0.4 is 15.4 Å². The SMILES string of the molecule is Cc1cc2n(n1)C[C@@H](CNC[C@H](O)COc1c(C)cccc1C)CN2. The summed E-state index contributed by atoms with van der Waals surface area (Å²) >= 11 is 0. The average molecular weight is 344 g/mol. The molecule has 0 aliphatic carbocycles. The van der Waals surface area contributed by atoms with Crippen molar-refractivity contribution in [3.05, 3.63) is 41.1 Å². The van der Waals surface area contributed by atoms with Gasteiger partial charge < -0.3 is 20.5 Å². The summed E-state index contributed by atoms with van der Waals surface area (Å²) in [4.78, 5) is 0. The summed E-state index contributed by atoms with van der Waals surface area (Å²) in [7, 11) is 0. The standard InChI is InChI=1S/C19H28N4O2/c1-13-5-4-6-14(2)19(13)25-12-17(24)10-20-8-16-9-21-18-7-15(3)22-23(18)11-16/h4-7,16-17,20-21,24H,8-12H2,1-3H3/t16-,17-/m0/s1. The molecule has 3 rings (SSSR count). The third-order valence-electron chi connectivity index (χ3n) is 4.55. The number of rotatable bonds is 7. The number of hydrogen-bond donors (Lipinski definition) is 3. The molecule has 6 nitrogen and oxygen atoms in total. The van der Waals surface area contributed by atoms with Crippen LogP contribution in [0.3, 0.4) is 0 Å².